The summed E-state index contributed by atoms with van der Waals surface area (Å²) in [6.45, 7) is 6.11. The number of hydrogen-bond donors (Lipinski definition) is 0. The second-order valence-electron chi connectivity index (χ2n) is 4.39. The van der Waals surface area contributed by atoms with Gasteiger partial charge in [-0.1, -0.05) is 45.6 Å². The Kier molecular flexibility index (Phi) is 5.91. The number of carbonyl (C=O) groups excluding carboxylic acids is 1. The summed E-state index contributed by atoms with van der Waals surface area (Å²) < 4.78 is 5.20. The minimum absolute atomic E-state index is 0.0799. The van der Waals surface area contributed by atoms with Gasteiger partial charge in [-0.2, -0.15) is 0 Å². The molecule has 1 aliphatic heterocycles. The van der Waals surface area contributed by atoms with E-state index in [9.17, 15) is 4.79 Å². The highest BCUT2D eigenvalue weighted by Crippen LogP contribution is 2.19. The van der Waals surface area contributed by atoms with E-state index in [4.69, 9.17) is 4.74 Å². The van der Waals surface area contributed by atoms with Crippen molar-refractivity contribution in [2.75, 3.05) is 0 Å². The van der Waals surface area contributed by atoms with Crippen LogP contribution in [0.1, 0.15) is 51.9 Å². The lowest BCUT2D eigenvalue weighted by Gasteiger charge is -2.20. The Hall–Kier alpha value is -1.05. The molecule has 2 heteroatoms. The fourth-order valence-corrected chi connectivity index (χ4v) is 1.89. The average molecular weight is 222 g/mol. The molecule has 0 aliphatic carbocycles. The Balaban J connectivity index is 2.11. The zero-order valence-corrected chi connectivity index (χ0v) is 10.2. The first-order valence-electron chi connectivity index (χ1n) is 6.31. The van der Waals surface area contributed by atoms with E-state index in [0.29, 0.717) is 0 Å². The van der Waals surface area contributed by atoms with Gasteiger partial charge in [0.25, 0.3) is 0 Å². The maximum atomic E-state index is 11.0. The number of unbranched alkanes of at least 4 members (excludes halogenated alkanes) is 5. The summed E-state index contributed by atoms with van der Waals surface area (Å²) in [5.74, 6) is -0.233. The van der Waals surface area contributed by atoms with E-state index in [1.807, 2.05) is 0 Å². The molecule has 1 atom stereocenters. The van der Waals surface area contributed by atoms with Crippen LogP contribution < -0.4 is 0 Å². The van der Waals surface area contributed by atoms with Crippen molar-refractivity contribution < 1.29 is 9.53 Å². The third-order valence-corrected chi connectivity index (χ3v) is 2.93. The van der Waals surface area contributed by atoms with Crippen molar-refractivity contribution in [1.29, 1.82) is 0 Å². The molecule has 1 aliphatic rings. The molecule has 0 radical (unpaired) electrons. The Morgan fingerprint density at radius 3 is 2.62 bits per heavy atom. The second-order valence-corrected chi connectivity index (χ2v) is 4.39. The van der Waals surface area contributed by atoms with E-state index in [1.54, 1.807) is 6.08 Å². The minimum Gasteiger partial charge on any atom is -0.454 e. The second kappa shape index (κ2) is 7.26. The van der Waals surface area contributed by atoms with Crippen LogP contribution in [0.25, 0.3) is 0 Å². The van der Waals surface area contributed by atoms with Crippen molar-refractivity contribution in [3.05, 3.63) is 24.3 Å². The lowest BCUT2D eigenvalue weighted by atomic mass is 10.0. The first-order chi connectivity index (χ1) is 7.74. The molecule has 0 N–H and O–H groups in total. The molecule has 0 saturated heterocycles. The SMILES string of the molecule is C=C1C=CC(=O)OC1CCCCCCCC. The first-order valence-corrected chi connectivity index (χ1v) is 6.31. The van der Waals surface area contributed by atoms with Gasteiger partial charge < -0.3 is 4.74 Å². The molecular weight excluding hydrogens is 200 g/mol. The maximum absolute atomic E-state index is 11.0. The Bertz CT molecular complexity index is 266. The molecule has 1 heterocycles. The van der Waals surface area contributed by atoms with Crippen molar-refractivity contribution in [3.8, 4) is 0 Å². The summed E-state index contributed by atoms with van der Waals surface area (Å²) in [7, 11) is 0. The molecule has 0 amide bonds. The smallest absolute Gasteiger partial charge is 0.331 e. The van der Waals surface area contributed by atoms with Crippen LogP contribution in [-0.4, -0.2) is 12.1 Å². The number of ether oxygens (including phenoxy) is 1. The number of hydrogen-bond acceptors (Lipinski definition) is 2. The predicted octanol–water partition coefficient (Wildman–Crippen LogP) is 3.77. The zero-order valence-electron chi connectivity index (χ0n) is 10.2. The number of esters is 1. The molecule has 0 aromatic rings. The highest BCUT2D eigenvalue weighted by molar-refractivity contribution is 5.84. The van der Waals surface area contributed by atoms with Gasteiger partial charge in [0.2, 0.25) is 0 Å². The molecule has 0 spiro atoms. The molecular formula is C14H22O2. The maximum Gasteiger partial charge on any atom is 0.331 e. The van der Waals surface area contributed by atoms with Crippen LogP contribution in [-0.2, 0) is 9.53 Å². The fraction of sp³-hybridized carbons (Fsp3) is 0.643. The highest BCUT2D eigenvalue weighted by atomic mass is 16.5. The van der Waals surface area contributed by atoms with Crippen LogP contribution in [0.4, 0.5) is 0 Å². The van der Waals surface area contributed by atoms with Crippen molar-refractivity contribution >= 4 is 5.97 Å². The van der Waals surface area contributed by atoms with Crippen molar-refractivity contribution in [1.82, 2.24) is 0 Å². The summed E-state index contributed by atoms with van der Waals surface area (Å²) in [6.07, 6.45) is 11.6. The molecule has 1 unspecified atom stereocenters. The number of cyclic esters (lactones) is 1. The summed E-state index contributed by atoms with van der Waals surface area (Å²) >= 11 is 0. The van der Waals surface area contributed by atoms with E-state index in [2.05, 4.69) is 13.5 Å². The van der Waals surface area contributed by atoms with Crippen molar-refractivity contribution in [2.45, 2.75) is 58.0 Å². The van der Waals surface area contributed by atoms with Crippen LogP contribution in [0.2, 0.25) is 0 Å². The number of rotatable bonds is 7. The monoisotopic (exact) mass is 222 g/mol. The van der Waals surface area contributed by atoms with Gasteiger partial charge in [0.15, 0.2) is 0 Å². The third kappa shape index (κ3) is 4.65. The van der Waals surface area contributed by atoms with Gasteiger partial charge in [0.1, 0.15) is 6.10 Å². The summed E-state index contributed by atoms with van der Waals surface area (Å²) in [5.41, 5.74) is 0.924. The van der Waals surface area contributed by atoms with Crippen LogP contribution in [0, 0.1) is 0 Å². The molecule has 1 rings (SSSR count). The van der Waals surface area contributed by atoms with Crippen LogP contribution in [0.5, 0.6) is 0 Å². The van der Waals surface area contributed by atoms with Gasteiger partial charge >= 0.3 is 5.97 Å². The van der Waals surface area contributed by atoms with E-state index in [0.717, 1.165) is 18.4 Å². The topological polar surface area (TPSA) is 26.3 Å². The Morgan fingerprint density at radius 2 is 1.88 bits per heavy atom. The molecule has 90 valence electrons. The Labute approximate surface area is 98.4 Å². The minimum atomic E-state index is -0.233. The average Bonchev–Trinajstić information content (AvgIpc) is 2.28. The molecule has 2 nitrogen and oxygen atoms in total. The molecule has 0 aromatic carbocycles. The van der Waals surface area contributed by atoms with E-state index in [1.165, 1.54) is 38.2 Å². The summed E-state index contributed by atoms with van der Waals surface area (Å²) in [6, 6.07) is 0. The van der Waals surface area contributed by atoms with E-state index < -0.39 is 0 Å². The van der Waals surface area contributed by atoms with E-state index >= 15 is 0 Å². The van der Waals surface area contributed by atoms with Crippen molar-refractivity contribution in [3.63, 3.8) is 0 Å². The number of carbonyl (C=O) groups is 1. The summed E-state index contributed by atoms with van der Waals surface area (Å²) in [4.78, 5) is 11.0. The molecule has 0 bridgehead atoms. The van der Waals surface area contributed by atoms with E-state index in [-0.39, 0.29) is 12.1 Å². The molecule has 16 heavy (non-hydrogen) atoms. The lowest BCUT2D eigenvalue weighted by Crippen LogP contribution is -2.21. The van der Waals surface area contributed by atoms with Gasteiger partial charge in [-0.15, -0.1) is 0 Å². The highest BCUT2D eigenvalue weighted by Gasteiger charge is 2.18. The summed E-state index contributed by atoms with van der Waals surface area (Å²) in [5, 5.41) is 0. The van der Waals surface area contributed by atoms with Crippen LogP contribution in [0.15, 0.2) is 24.3 Å². The standard InChI is InChI=1S/C14H22O2/c1-3-4-5-6-7-8-9-13-12(2)10-11-14(15)16-13/h10-11,13H,2-9H2,1H3. The lowest BCUT2D eigenvalue weighted by molar-refractivity contribution is -0.142. The van der Waals surface area contributed by atoms with Gasteiger partial charge in [-0.05, 0) is 24.5 Å². The van der Waals surface area contributed by atoms with Crippen LogP contribution in [0.3, 0.4) is 0 Å². The quantitative estimate of drug-likeness (QED) is 0.484. The zero-order chi connectivity index (χ0) is 11.8. The van der Waals surface area contributed by atoms with Gasteiger partial charge in [0.05, 0.1) is 0 Å². The molecule has 0 aromatic heterocycles. The normalized spacial score (nSPS) is 19.9. The largest absolute Gasteiger partial charge is 0.454 e. The molecule has 0 saturated carbocycles. The van der Waals surface area contributed by atoms with Gasteiger partial charge in [-0.25, -0.2) is 4.79 Å². The third-order valence-electron chi connectivity index (χ3n) is 2.93. The van der Waals surface area contributed by atoms with Crippen molar-refractivity contribution in [2.24, 2.45) is 0 Å². The first kappa shape index (κ1) is 13.0. The molecule has 0 fully saturated rings. The Morgan fingerprint density at radius 1 is 1.19 bits per heavy atom. The van der Waals surface area contributed by atoms with Gasteiger partial charge in [-0.3, -0.25) is 0 Å². The fourth-order valence-electron chi connectivity index (χ4n) is 1.89. The van der Waals surface area contributed by atoms with Crippen LogP contribution >= 0.6 is 0 Å². The predicted molar refractivity (Wildman–Crippen MR) is 66.2 cm³/mol. The van der Waals surface area contributed by atoms with Gasteiger partial charge in [0, 0.05) is 6.08 Å².